The van der Waals surface area contributed by atoms with Gasteiger partial charge in [0, 0.05) is 42.9 Å². The lowest BCUT2D eigenvalue weighted by Gasteiger charge is -2.13. The summed E-state index contributed by atoms with van der Waals surface area (Å²) in [5.74, 6) is 1.96. The minimum Gasteiger partial charge on any atom is -0.308 e. The number of aromatic nitrogens is 4. The van der Waals surface area contributed by atoms with Crippen LogP contribution in [-0.2, 0) is 0 Å². The fourth-order valence-corrected chi connectivity index (χ4v) is 10.2. The molecule has 12 rings (SSSR count). The van der Waals surface area contributed by atoms with Gasteiger partial charge < -0.3 is 4.57 Å². The molecule has 0 unspecified atom stereocenters. The molecule has 0 bridgehead atoms. The van der Waals surface area contributed by atoms with Crippen LogP contribution < -0.4 is 0 Å². The Balaban J connectivity index is 1.15. The summed E-state index contributed by atoms with van der Waals surface area (Å²) in [5.41, 5.74) is 11.2. The Morgan fingerprint density at radius 1 is 0.317 bits per heavy atom. The van der Waals surface area contributed by atoms with Crippen molar-refractivity contribution in [2.45, 2.75) is 0 Å². The Kier molecular flexibility index (Phi) is 8.00. The Morgan fingerprint density at radius 2 is 0.850 bits per heavy atom. The predicted octanol–water partition coefficient (Wildman–Crippen LogP) is 14.8. The van der Waals surface area contributed by atoms with Gasteiger partial charge in [-0.25, -0.2) is 15.0 Å². The highest BCUT2D eigenvalue weighted by Crippen LogP contribution is 2.46. The fourth-order valence-electron chi connectivity index (χ4n) is 8.89. The van der Waals surface area contributed by atoms with Gasteiger partial charge in [0.25, 0.3) is 0 Å². The summed E-state index contributed by atoms with van der Waals surface area (Å²) < 4.78 is 4.85. The molecular weight excluding hydrogens is 749 g/mol. The van der Waals surface area contributed by atoms with Crippen LogP contribution in [0, 0.1) is 0 Å². The zero-order valence-corrected chi connectivity index (χ0v) is 33.1. The van der Waals surface area contributed by atoms with Crippen LogP contribution in [0.5, 0.6) is 0 Å². The Hall–Kier alpha value is -7.73. The molecule has 0 aliphatic carbocycles. The van der Waals surface area contributed by atoms with E-state index in [0.717, 1.165) is 27.1 Å². The summed E-state index contributed by atoms with van der Waals surface area (Å²) in [6, 6.07) is 73.4. The van der Waals surface area contributed by atoms with Crippen molar-refractivity contribution in [3.05, 3.63) is 206 Å². The van der Waals surface area contributed by atoms with Crippen LogP contribution in [-0.4, -0.2) is 19.5 Å². The molecule has 0 N–H and O–H groups in total. The van der Waals surface area contributed by atoms with Crippen molar-refractivity contribution in [3.8, 4) is 62.1 Å². The smallest absolute Gasteiger partial charge is 0.165 e. The van der Waals surface area contributed by atoms with Crippen molar-refractivity contribution in [2.75, 3.05) is 0 Å². The van der Waals surface area contributed by atoms with Gasteiger partial charge in [-0.15, -0.1) is 11.3 Å². The van der Waals surface area contributed by atoms with Gasteiger partial charge >= 0.3 is 0 Å². The van der Waals surface area contributed by atoms with E-state index in [1.807, 2.05) is 47.7 Å². The second-order valence-electron chi connectivity index (χ2n) is 15.1. The van der Waals surface area contributed by atoms with Gasteiger partial charge in [-0.3, -0.25) is 0 Å². The number of rotatable bonds is 6. The number of thiophene rings is 1. The molecule has 0 saturated heterocycles. The third-order valence-electron chi connectivity index (χ3n) is 11.6. The molecule has 5 heteroatoms. The normalized spacial score (nSPS) is 11.7. The van der Waals surface area contributed by atoms with Crippen molar-refractivity contribution in [3.63, 3.8) is 0 Å². The number of nitrogens with zero attached hydrogens (tertiary/aromatic N) is 4. The zero-order chi connectivity index (χ0) is 39.6. The molecule has 0 spiro atoms. The van der Waals surface area contributed by atoms with Gasteiger partial charge in [0.15, 0.2) is 17.5 Å². The average Bonchev–Trinajstić information content (AvgIpc) is 3.88. The van der Waals surface area contributed by atoms with E-state index in [2.05, 4.69) is 174 Å². The van der Waals surface area contributed by atoms with Crippen molar-refractivity contribution in [2.24, 2.45) is 0 Å². The number of hydrogen-bond donors (Lipinski definition) is 0. The largest absolute Gasteiger partial charge is 0.308 e. The van der Waals surface area contributed by atoms with Crippen LogP contribution in [0.3, 0.4) is 0 Å². The van der Waals surface area contributed by atoms with Crippen molar-refractivity contribution in [1.29, 1.82) is 0 Å². The third kappa shape index (κ3) is 5.55. The topological polar surface area (TPSA) is 43.6 Å². The Labute approximate surface area is 350 Å². The first-order chi connectivity index (χ1) is 29.8. The zero-order valence-electron chi connectivity index (χ0n) is 32.3. The highest BCUT2D eigenvalue weighted by molar-refractivity contribution is 7.26. The summed E-state index contributed by atoms with van der Waals surface area (Å²) in [4.78, 5) is 15.3. The minimum atomic E-state index is 0.653. The van der Waals surface area contributed by atoms with Crippen molar-refractivity contribution < 1.29 is 0 Å². The maximum Gasteiger partial charge on any atom is 0.165 e. The molecule has 0 fully saturated rings. The second-order valence-corrected chi connectivity index (χ2v) is 16.2. The second kappa shape index (κ2) is 14.0. The van der Waals surface area contributed by atoms with Gasteiger partial charge in [-0.05, 0) is 63.4 Å². The van der Waals surface area contributed by atoms with Crippen LogP contribution in [0.4, 0.5) is 0 Å². The molecular formula is C55H34N4S. The molecule has 0 atom stereocenters. The molecule has 60 heavy (non-hydrogen) atoms. The molecule has 0 aliphatic heterocycles. The monoisotopic (exact) mass is 782 g/mol. The van der Waals surface area contributed by atoms with Gasteiger partial charge in [0.1, 0.15) is 0 Å². The van der Waals surface area contributed by atoms with Gasteiger partial charge in [0.2, 0.25) is 0 Å². The lowest BCUT2D eigenvalue weighted by Crippen LogP contribution is -2.00. The van der Waals surface area contributed by atoms with Gasteiger partial charge in [0.05, 0.1) is 21.4 Å². The Morgan fingerprint density at radius 3 is 1.52 bits per heavy atom. The molecule has 0 radical (unpaired) electrons. The maximum absolute atomic E-state index is 5.15. The lowest BCUT2D eigenvalue weighted by atomic mass is 9.94. The van der Waals surface area contributed by atoms with Crippen LogP contribution in [0.15, 0.2) is 206 Å². The summed E-state index contributed by atoms with van der Waals surface area (Å²) >= 11 is 1.81. The number of hydrogen-bond acceptors (Lipinski definition) is 4. The molecule has 280 valence electrons. The van der Waals surface area contributed by atoms with Crippen molar-refractivity contribution in [1.82, 2.24) is 19.5 Å². The maximum atomic E-state index is 5.15. The predicted molar refractivity (Wildman–Crippen MR) is 252 cm³/mol. The van der Waals surface area contributed by atoms with E-state index < -0.39 is 0 Å². The fraction of sp³-hybridized carbons (Fsp3) is 0. The average molecular weight is 783 g/mol. The van der Waals surface area contributed by atoms with E-state index in [1.54, 1.807) is 0 Å². The van der Waals surface area contributed by atoms with Crippen LogP contribution in [0.2, 0.25) is 0 Å². The molecule has 3 aromatic heterocycles. The van der Waals surface area contributed by atoms with Gasteiger partial charge in [-0.1, -0.05) is 176 Å². The first-order valence-corrected chi connectivity index (χ1v) is 21.0. The standard InChI is InChI=1S/C55H34N4S/c1-5-17-35(18-6-1)39-31-32-47-46(33-39)50-41-26-14-13-25-40(41)45(36-19-7-2-8-20-36)34-49(50)59(47)48-30-16-28-43-42-27-15-29-44(51(42)60-52(43)48)55-57-53(37-21-9-3-10-22-37)56-54(58-55)38-23-11-4-12-24-38/h1-34H. The van der Waals surface area contributed by atoms with E-state index in [-0.39, 0.29) is 0 Å². The summed E-state index contributed by atoms with van der Waals surface area (Å²) in [6.45, 7) is 0. The SMILES string of the molecule is c1ccc(-c2ccc3c(c2)c2c4ccccc4c(-c4ccccc4)cc2n3-c2cccc3c2sc2c(-c4nc(-c5ccccc5)nc(-c5ccccc5)n4)cccc23)cc1. The molecule has 9 aromatic carbocycles. The van der Waals surface area contributed by atoms with Crippen LogP contribution in [0.1, 0.15) is 0 Å². The number of fused-ring (bicyclic) bond motifs is 8. The molecule has 0 saturated carbocycles. The van der Waals surface area contributed by atoms with E-state index in [0.29, 0.717) is 17.5 Å². The molecule has 12 aromatic rings. The molecule has 3 heterocycles. The molecule has 0 amide bonds. The summed E-state index contributed by atoms with van der Waals surface area (Å²) in [6.07, 6.45) is 0. The van der Waals surface area contributed by atoms with E-state index in [9.17, 15) is 0 Å². The van der Waals surface area contributed by atoms with Crippen LogP contribution in [0.25, 0.3) is 115 Å². The summed E-state index contributed by atoms with van der Waals surface area (Å²) in [7, 11) is 0. The van der Waals surface area contributed by atoms with Crippen molar-refractivity contribution >= 4 is 64.1 Å². The highest BCUT2D eigenvalue weighted by atomic mass is 32.1. The minimum absolute atomic E-state index is 0.653. The van der Waals surface area contributed by atoms with Crippen LogP contribution >= 0.6 is 11.3 Å². The first kappa shape index (κ1) is 34.3. The Bertz CT molecular complexity index is 3520. The van der Waals surface area contributed by atoms with E-state index in [1.165, 1.54) is 70.3 Å². The number of benzene rings is 9. The third-order valence-corrected chi connectivity index (χ3v) is 12.9. The highest BCUT2D eigenvalue weighted by Gasteiger charge is 2.22. The van der Waals surface area contributed by atoms with Gasteiger partial charge in [-0.2, -0.15) is 0 Å². The van der Waals surface area contributed by atoms with E-state index >= 15 is 0 Å². The lowest BCUT2D eigenvalue weighted by molar-refractivity contribution is 1.08. The first-order valence-electron chi connectivity index (χ1n) is 20.2. The molecule has 4 nitrogen and oxygen atoms in total. The molecule has 0 aliphatic rings. The summed E-state index contributed by atoms with van der Waals surface area (Å²) in [5, 5.41) is 7.35. The van der Waals surface area contributed by atoms with E-state index in [4.69, 9.17) is 15.0 Å². The quantitative estimate of drug-likeness (QED) is 0.169.